The standard InChI is InChI=1S/C60H50N8O10/c1-71-39-21-13-35(14-22-39)49-53-57(67-77-65-53)51(37-17-25-41(73-3)26-18-37)63-55(49)59(69)61-29-31-75-33-47-43-9-5-7-11-45(43)48(46-12-8-6-10-44(46)47)34-76-32-30-62-60(70)56-50(36-15-23-40(72-2)24-16-36)54-58(68-78-66-54)52(64-56)38-19-27-42(74-4)28-20-38/h5-28H,29-34H2,1-4H3,(H,61,69)(H,62,70). The number of nitrogens with one attached hydrogen (secondary N) is 2. The number of hydrogen-bond acceptors (Lipinski definition) is 16. The van der Waals surface area contributed by atoms with Crippen molar-refractivity contribution in [3.63, 3.8) is 0 Å². The van der Waals surface area contributed by atoms with Crippen LogP contribution in [0.3, 0.4) is 0 Å². The highest BCUT2D eigenvalue weighted by atomic mass is 16.6. The zero-order valence-corrected chi connectivity index (χ0v) is 42.9. The number of hydrogen-bond donors (Lipinski definition) is 2. The van der Waals surface area contributed by atoms with Crippen LogP contribution in [-0.2, 0) is 22.7 Å². The van der Waals surface area contributed by atoms with E-state index in [-0.39, 0.29) is 50.9 Å². The van der Waals surface area contributed by atoms with Crippen molar-refractivity contribution in [3.8, 4) is 67.8 Å². The van der Waals surface area contributed by atoms with Crippen LogP contribution in [0.15, 0.2) is 155 Å². The van der Waals surface area contributed by atoms with Gasteiger partial charge in [-0.2, -0.15) is 0 Å². The van der Waals surface area contributed by atoms with Gasteiger partial charge in [-0.1, -0.05) is 72.8 Å². The molecule has 0 atom stereocenters. The van der Waals surface area contributed by atoms with Crippen LogP contribution in [0.2, 0.25) is 0 Å². The van der Waals surface area contributed by atoms with Gasteiger partial charge in [0.1, 0.15) is 56.8 Å². The van der Waals surface area contributed by atoms with Crippen molar-refractivity contribution >= 4 is 55.4 Å². The van der Waals surface area contributed by atoms with Crippen molar-refractivity contribution in [2.24, 2.45) is 0 Å². The summed E-state index contributed by atoms with van der Waals surface area (Å²) in [6.45, 7) is 1.29. The average Bonchev–Trinajstić information content (AvgIpc) is 4.29. The minimum Gasteiger partial charge on any atom is -0.497 e. The number of nitrogens with zero attached hydrogens (tertiary/aromatic N) is 6. The van der Waals surface area contributed by atoms with Gasteiger partial charge < -0.3 is 39.1 Å². The molecule has 11 aromatic rings. The number of rotatable bonds is 20. The fourth-order valence-electron chi connectivity index (χ4n) is 9.58. The van der Waals surface area contributed by atoms with Gasteiger partial charge >= 0.3 is 0 Å². The summed E-state index contributed by atoms with van der Waals surface area (Å²) in [7, 11) is 6.36. The maximum absolute atomic E-state index is 14.3. The predicted octanol–water partition coefficient (Wildman–Crippen LogP) is 10.5. The van der Waals surface area contributed by atoms with E-state index in [1.165, 1.54) is 0 Å². The van der Waals surface area contributed by atoms with Crippen LogP contribution < -0.4 is 29.6 Å². The second-order valence-corrected chi connectivity index (χ2v) is 17.9. The van der Waals surface area contributed by atoms with E-state index in [1.54, 1.807) is 52.7 Å². The molecular weight excluding hydrogens is 993 g/mol. The van der Waals surface area contributed by atoms with Crippen molar-refractivity contribution in [2.45, 2.75) is 13.2 Å². The average molecular weight is 1040 g/mol. The molecule has 390 valence electrons. The van der Waals surface area contributed by atoms with Crippen molar-refractivity contribution in [2.75, 3.05) is 54.7 Å². The third-order valence-electron chi connectivity index (χ3n) is 13.4. The predicted molar refractivity (Wildman–Crippen MR) is 293 cm³/mol. The van der Waals surface area contributed by atoms with Gasteiger partial charge in [-0.15, -0.1) is 0 Å². The number of pyridine rings is 2. The number of carbonyl (C=O) groups excluding carboxylic acids is 2. The van der Waals surface area contributed by atoms with E-state index in [0.29, 0.717) is 89.8 Å². The van der Waals surface area contributed by atoms with Gasteiger partial charge in [0.05, 0.1) is 54.9 Å². The Bertz CT molecular complexity index is 3650. The Morgan fingerprint density at radius 3 is 1.04 bits per heavy atom. The summed E-state index contributed by atoms with van der Waals surface area (Å²) in [6, 6.07) is 45.4. The first-order chi connectivity index (χ1) is 38.3. The Morgan fingerprint density at radius 1 is 0.410 bits per heavy atom. The summed E-state index contributed by atoms with van der Waals surface area (Å²) in [5.74, 6) is 1.78. The number of carbonyl (C=O) groups is 2. The van der Waals surface area contributed by atoms with Gasteiger partial charge in [-0.25, -0.2) is 19.2 Å². The highest BCUT2D eigenvalue weighted by molar-refractivity contribution is 6.11. The zero-order valence-electron chi connectivity index (χ0n) is 42.9. The number of benzene rings is 7. The van der Waals surface area contributed by atoms with Gasteiger partial charge in [0.15, 0.2) is 11.0 Å². The van der Waals surface area contributed by atoms with Crippen molar-refractivity contribution in [3.05, 3.63) is 168 Å². The zero-order chi connectivity index (χ0) is 53.5. The quantitative estimate of drug-likeness (QED) is 0.0536. The Morgan fingerprint density at radius 2 is 0.718 bits per heavy atom. The highest BCUT2D eigenvalue weighted by Gasteiger charge is 2.27. The number of ether oxygens (including phenoxy) is 6. The summed E-state index contributed by atoms with van der Waals surface area (Å²) in [4.78, 5) is 38.3. The molecule has 0 aliphatic carbocycles. The maximum Gasteiger partial charge on any atom is 0.270 e. The van der Waals surface area contributed by atoms with Gasteiger partial charge in [-0.3, -0.25) is 9.59 Å². The lowest BCUT2D eigenvalue weighted by Crippen LogP contribution is -2.29. The molecule has 0 aliphatic heterocycles. The number of fused-ring (bicyclic) bond motifs is 4. The molecule has 0 saturated carbocycles. The molecule has 0 unspecified atom stereocenters. The first-order valence-electron chi connectivity index (χ1n) is 24.9. The topological polar surface area (TPSA) is 217 Å². The smallest absolute Gasteiger partial charge is 0.270 e. The van der Waals surface area contributed by atoms with E-state index in [2.05, 4.69) is 55.5 Å². The molecule has 18 nitrogen and oxygen atoms in total. The van der Waals surface area contributed by atoms with Crippen LogP contribution in [0.25, 0.3) is 88.4 Å². The van der Waals surface area contributed by atoms with Crippen molar-refractivity contribution in [1.29, 1.82) is 0 Å². The lowest BCUT2D eigenvalue weighted by Gasteiger charge is -2.18. The van der Waals surface area contributed by atoms with E-state index in [0.717, 1.165) is 32.7 Å². The summed E-state index contributed by atoms with van der Waals surface area (Å²) >= 11 is 0. The Labute approximate surface area is 446 Å². The van der Waals surface area contributed by atoms with E-state index in [9.17, 15) is 9.59 Å². The molecule has 0 bridgehead atoms. The van der Waals surface area contributed by atoms with E-state index in [4.69, 9.17) is 47.6 Å². The fourth-order valence-corrected chi connectivity index (χ4v) is 9.58. The lowest BCUT2D eigenvalue weighted by atomic mass is 9.92. The van der Waals surface area contributed by atoms with Crippen LogP contribution in [-0.4, -0.2) is 97.2 Å². The highest BCUT2D eigenvalue weighted by Crippen LogP contribution is 2.39. The largest absolute Gasteiger partial charge is 0.497 e. The summed E-state index contributed by atoms with van der Waals surface area (Å²) in [5.41, 5.74) is 8.40. The van der Waals surface area contributed by atoms with E-state index >= 15 is 0 Å². The molecule has 0 spiro atoms. The Hall–Kier alpha value is -9.78. The first kappa shape index (κ1) is 50.4. The minimum absolute atomic E-state index is 0.143. The molecule has 0 fully saturated rings. The molecule has 0 aliphatic rings. The van der Waals surface area contributed by atoms with Gasteiger partial charge in [0, 0.05) is 35.3 Å². The van der Waals surface area contributed by atoms with Gasteiger partial charge in [0.2, 0.25) is 0 Å². The minimum atomic E-state index is -0.427. The molecule has 18 heteroatoms. The van der Waals surface area contributed by atoms with Crippen molar-refractivity contribution < 1.29 is 47.3 Å². The fraction of sp³-hybridized carbons (Fsp3) is 0.167. The molecule has 2 amide bonds. The van der Waals surface area contributed by atoms with Gasteiger partial charge in [-0.05, 0) is 137 Å². The molecular formula is C60H50N8O10. The molecule has 0 saturated heterocycles. The molecule has 4 aromatic heterocycles. The third kappa shape index (κ3) is 9.95. The summed E-state index contributed by atoms with van der Waals surface area (Å²) in [6.07, 6.45) is 0. The van der Waals surface area contributed by atoms with Crippen LogP contribution in [0.1, 0.15) is 32.1 Å². The second-order valence-electron chi connectivity index (χ2n) is 17.9. The molecule has 7 aromatic carbocycles. The molecule has 2 N–H and O–H groups in total. The second kappa shape index (κ2) is 22.6. The monoisotopic (exact) mass is 1040 g/mol. The van der Waals surface area contributed by atoms with Crippen LogP contribution in [0.4, 0.5) is 0 Å². The molecule has 4 heterocycles. The SMILES string of the molecule is COc1ccc(-c2nc(C(=O)NCCOCc3c4ccccc4c(COCCNC(=O)c4nc(-c5ccc(OC)cc5)c5nonc5c4-c4ccc(OC)cc4)c4ccccc34)c(-c3ccc(OC)cc3)c3nonc23)cc1. The van der Waals surface area contributed by atoms with E-state index in [1.807, 2.05) is 97.1 Å². The Kier molecular flexibility index (Phi) is 14.6. The first-order valence-corrected chi connectivity index (χ1v) is 24.9. The number of aromatic nitrogens is 6. The van der Waals surface area contributed by atoms with Crippen LogP contribution in [0, 0.1) is 0 Å². The van der Waals surface area contributed by atoms with E-state index < -0.39 is 11.8 Å². The molecule has 0 radical (unpaired) electrons. The van der Waals surface area contributed by atoms with Crippen LogP contribution in [0.5, 0.6) is 23.0 Å². The summed E-state index contributed by atoms with van der Waals surface area (Å²) in [5, 5.41) is 27.0. The molecule has 11 rings (SSSR count). The summed E-state index contributed by atoms with van der Waals surface area (Å²) < 4.78 is 44.8. The number of methoxy groups -OCH3 is 4. The van der Waals surface area contributed by atoms with Crippen LogP contribution >= 0.6 is 0 Å². The van der Waals surface area contributed by atoms with Crippen molar-refractivity contribution in [1.82, 2.24) is 41.2 Å². The maximum atomic E-state index is 14.3. The Balaban J connectivity index is 0.787. The molecule has 78 heavy (non-hydrogen) atoms. The number of amides is 2. The van der Waals surface area contributed by atoms with Gasteiger partial charge in [0.25, 0.3) is 11.8 Å². The lowest BCUT2D eigenvalue weighted by molar-refractivity contribution is 0.0892. The normalized spacial score (nSPS) is 11.3. The third-order valence-corrected chi connectivity index (χ3v) is 13.4.